The number of aromatic hydroxyl groups is 1. The molecule has 0 aliphatic heterocycles. The number of hydrogen-bond donors (Lipinski definition) is 2. The molecule has 1 aromatic carbocycles. The van der Waals surface area contributed by atoms with Crippen LogP contribution in [0.5, 0.6) is 5.88 Å². The minimum absolute atomic E-state index is 0.0389. The van der Waals surface area contributed by atoms with Crippen LogP contribution in [0.1, 0.15) is 26.8 Å². The molecule has 7 heteroatoms. The number of hydrogen-bond acceptors (Lipinski definition) is 4. The fourth-order valence-corrected chi connectivity index (χ4v) is 2.72. The molecule has 1 heterocycles. The Balaban J connectivity index is 2.31. The van der Waals surface area contributed by atoms with Crippen molar-refractivity contribution in [2.24, 2.45) is 10.2 Å². The van der Waals surface area contributed by atoms with Crippen LogP contribution in [0.2, 0.25) is 0 Å². The van der Waals surface area contributed by atoms with Crippen LogP contribution in [0.25, 0.3) is 10.9 Å². The van der Waals surface area contributed by atoms with Crippen molar-refractivity contribution in [1.29, 1.82) is 0 Å². The number of benzene rings is 1. The summed E-state index contributed by atoms with van der Waals surface area (Å²) in [5.41, 5.74) is 1.35. The van der Waals surface area contributed by atoms with E-state index < -0.39 is 0 Å². The van der Waals surface area contributed by atoms with Crippen LogP contribution < -0.4 is 5.32 Å². The van der Waals surface area contributed by atoms with Crippen LogP contribution in [0, 0.1) is 0 Å². The molecule has 0 saturated carbocycles. The average Bonchev–Trinajstić information content (AvgIpc) is 2.77. The Morgan fingerprint density at radius 3 is 2.70 bits per heavy atom. The maximum atomic E-state index is 10.5. The molecule has 6 nitrogen and oxygen atoms in total. The highest BCUT2D eigenvalue weighted by atomic mass is 32.1. The van der Waals surface area contributed by atoms with Crippen molar-refractivity contribution in [3.63, 3.8) is 0 Å². The standard InChI is InChI=1S/C16H22N4O2S/c1-10(2)20-13-8-6-5-7-12(13)14(15(20)21)18-19-16(23)17-11(3)9-22-4/h5-8,10-11,21H,9H2,1-4H3,(H,17,23)/t11-/m0/s1. The number of rotatable bonds is 5. The Morgan fingerprint density at radius 2 is 2.04 bits per heavy atom. The predicted octanol–water partition coefficient (Wildman–Crippen LogP) is 3.92. The summed E-state index contributed by atoms with van der Waals surface area (Å²) in [7, 11) is 1.63. The molecule has 2 rings (SSSR count). The third-order valence-corrected chi connectivity index (χ3v) is 3.60. The Bertz CT molecular complexity index is 724. The molecule has 23 heavy (non-hydrogen) atoms. The molecule has 0 unspecified atom stereocenters. The van der Waals surface area contributed by atoms with E-state index >= 15 is 0 Å². The Labute approximate surface area is 141 Å². The topological polar surface area (TPSA) is 71.1 Å². The van der Waals surface area contributed by atoms with Crippen LogP contribution in [0.3, 0.4) is 0 Å². The second-order valence-electron chi connectivity index (χ2n) is 5.66. The van der Waals surface area contributed by atoms with E-state index in [0.29, 0.717) is 12.3 Å². The zero-order chi connectivity index (χ0) is 17.0. The van der Waals surface area contributed by atoms with Crippen molar-refractivity contribution in [2.45, 2.75) is 32.9 Å². The molecule has 0 aliphatic carbocycles. The van der Waals surface area contributed by atoms with Gasteiger partial charge in [-0.25, -0.2) is 0 Å². The van der Waals surface area contributed by atoms with Gasteiger partial charge in [0.1, 0.15) is 0 Å². The fraction of sp³-hybridized carbons (Fsp3) is 0.438. The molecule has 0 bridgehead atoms. The fourth-order valence-electron chi connectivity index (χ4n) is 2.48. The highest BCUT2D eigenvalue weighted by molar-refractivity contribution is 7.80. The summed E-state index contributed by atoms with van der Waals surface area (Å²) in [5, 5.41) is 22.8. The second kappa shape index (κ2) is 7.52. The first kappa shape index (κ1) is 17.4. The van der Waals surface area contributed by atoms with Gasteiger partial charge < -0.3 is 19.7 Å². The minimum Gasteiger partial charge on any atom is -0.493 e. The summed E-state index contributed by atoms with van der Waals surface area (Å²) >= 11 is 5.15. The lowest BCUT2D eigenvalue weighted by atomic mass is 10.2. The third kappa shape index (κ3) is 3.86. The maximum absolute atomic E-state index is 10.5. The molecule has 0 aliphatic rings. The summed E-state index contributed by atoms with van der Waals surface area (Å²) < 4.78 is 6.86. The van der Waals surface area contributed by atoms with E-state index in [-0.39, 0.29) is 23.1 Å². The lowest BCUT2D eigenvalue weighted by molar-refractivity contribution is 0.179. The van der Waals surface area contributed by atoms with Crippen molar-refractivity contribution in [3.8, 4) is 5.88 Å². The summed E-state index contributed by atoms with van der Waals surface area (Å²) in [4.78, 5) is 0. The van der Waals surface area contributed by atoms with Crippen LogP contribution in [0.4, 0.5) is 5.69 Å². The van der Waals surface area contributed by atoms with Gasteiger partial charge in [-0.2, -0.15) is 0 Å². The van der Waals surface area contributed by atoms with E-state index in [4.69, 9.17) is 17.0 Å². The van der Waals surface area contributed by atoms with Gasteiger partial charge in [0, 0.05) is 24.6 Å². The molecule has 0 saturated heterocycles. The maximum Gasteiger partial charge on any atom is 0.221 e. The van der Waals surface area contributed by atoms with Gasteiger partial charge in [-0.15, -0.1) is 10.2 Å². The number of azo groups is 1. The van der Waals surface area contributed by atoms with E-state index in [0.717, 1.165) is 10.9 Å². The van der Waals surface area contributed by atoms with Crippen LogP contribution in [-0.4, -0.2) is 34.5 Å². The predicted molar refractivity (Wildman–Crippen MR) is 95.6 cm³/mol. The minimum atomic E-state index is 0.0389. The van der Waals surface area contributed by atoms with Crippen molar-refractivity contribution < 1.29 is 9.84 Å². The molecule has 1 atom stereocenters. The monoisotopic (exact) mass is 334 g/mol. The number of fused-ring (bicyclic) bond motifs is 1. The van der Waals surface area contributed by atoms with Crippen molar-refractivity contribution in [3.05, 3.63) is 24.3 Å². The van der Waals surface area contributed by atoms with Gasteiger partial charge in [0.25, 0.3) is 0 Å². The largest absolute Gasteiger partial charge is 0.493 e. The van der Waals surface area contributed by atoms with E-state index in [9.17, 15) is 5.11 Å². The first-order valence-electron chi connectivity index (χ1n) is 7.48. The van der Waals surface area contributed by atoms with Gasteiger partial charge in [0.15, 0.2) is 5.69 Å². The molecule has 2 N–H and O–H groups in total. The van der Waals surface area contributed by atoms with Crippen molar-refractivity contribution in [1.82, 2.24) is 9.88 Å². The summed E-state index contributed by atoms with van der Waals surface area (Å²) in [5.74, 6) is 0.0951. The smallest absolute Gasteiger partial charge is 0.221 e. The van der Waals surface area contributed by atoms with Crippen LogP contribution >= 0.6 is 12.2 Å². The number of nitrogens with zero attached hydrogens (tertiary/aromatic N) is 3. The molecule has 0 spiro atoms. The van der Waals surface area contributed by atoms with E-state index in [2.05, 4.69) is 15.5 Å². The van der Waals surface area contributed by atoms with E-state index in [1.807, 2.05) is 49.6 Å². The molecule has 0 radical (unpaired) electrons. The first-order valence-corrected chi connectivity index (χ1v) is 7.89. The highest BCUT2D eigenvalue weighted by Gasteiger charge is 2.18. The number of methoxy groups -OCH3 is 1. The van der Waals surface area contributed by atoms with Gasteiger partial charge in [0.05, 0.1) is 12.1 Å². The quantitative estimate of drug-likeness (QED) is 0.642. The Hall–Kier alpha value is -1.99. The molecular formula is C16H22N4O2S. The van der Waals surface area contributed by atoms with Gasteiger partial charge in [-0.1, -0.05) is 18.2 Å². The van der Waals surface area contributed by atoms with Gasteiger partial charge in [-0.05, 0) is 39.1 Å². The third-order valence-electron chi connectivity index (χ3n) is 3.40. The summed E-state index contributed by atoms with van der Waals surface area (Å²) in [6, 6.07) is 7.84. The van der Waals surface area contributed by atoms with Gasteiger partial charge >= 0.3 is 0 Å². The van der Waals surface area contributed by atoms with Crippen molar-refractivity contribution >= 4 is 33.9 Å². The lowest BCUT2D eigenvalue weighted by Gasteiger charge is -2.11. The van der Waals surface area contributed by atoms with E-state index in [1.54, 1.807) is 7.11 Å². The lowest BCUT2D eigenvalue weighted by Crippen LogP contribution is -2.33. The number of para-hydroxylation sites is 1. The summed E-state index contributed by atoms with van der Waals surface area (Å²) in [6.45, 7) is 6.47. The molecule has 2 aromatic rings. The van der Waals surface area contributed by atoms with Gasteiger partial charge in [0.2, 0.25) is 11.0 Å². The highest BCUT2D eigenvalue weighted by Crippen LogP contribution is 2.40. The van der Waals surface area contributed by atoms with Crippen molar-refractivity contribution in [2.75, 3.05) is 13.7 Å². The zero-order valence-corrected chi connectivity index (χ0v) is 14.6. The molecule has 0 fully saturated rings. The number of ether oxygens (including phenoxy) is 1. The molecular weight excluding hydrogens is 312 g/mol. The summed E-state index contributed by atoms with van der Waals surface area (Å²) in [6.07, 6.45) is 0. The number of thiocarbonyl (C=S) groups is 1. The zero-order valence-electron chi connectivity index (χ0n) is 13.8. The molecule has 0 amide bonds. The second-order valence-corrected chi connectivity index (χ2v) is 6.05. The SMILES string of the molecule is COC[C@H](C)NC(=S)N=Nc1c(O)n(C(C)C)c2ccccc12. The van der Waals surface area contributed by atoms with E-state index in [1.165, 1.54) is 0 Å². The number of aromatic nitrogens is 1. The number of nitrogens with one attached hydrogen (secondary N) is 1. The van der Waals surface area contributed by atoms with Gasteiger partial charge in [-0.3, -0.25) is 0 Å². The normalized spacial score (nSPS) is 13.1. The molecule has 124 valence electrons. The first-order chi connectivity index (χ1) is 11.0. The van der Waals surface area contributed by atoms with Crippen LogP contribution in [-0.2, 0) is 4.74 Å². The average molecular weight is 334 g/mol. The Morgan fingerprint density at radius 1 is 1.35 bits per heavy atom. The van der Waals surface area contributed by atoms with Crippen LogP contribution in [0.15, 0.2) is 34.5 Å². The Kier molecular flexibility index (Phi) is 5.68. The molecule has 1 aromatic heterocycles.